The fourth-order valence-electron chi connectivity index (χ4n) is 7.42. The molecule has 1 aliphatic carbocycles. The maximum Gasteiger partial charge on any atom is 0.163 e. The zero-order chi connectivity index (χ0) is 33.0. The smallest absolute Gasteiger partial charge is 0.163 e. The van der Waals surface area contributed by atoms with Crippen LogP contribution >= 0.6 is 0 Å². The fraction of sp³-hybridized carbons (Fsp3) is 0.0444. The van der Waals surface area contributed by atoms with E-state index in [0.717, 1.165) is 73.3 Å². The van der Waals surface area contributed by atoms with Crippen LogP contribution in [0.15, 0.2) is 162 Å². The molecule has 50 heavy (non-hydrogen) atoms. The first-order valence-electron chi connectivity index (χ1n) is 17.0. The van der Waals surface area contributed by atoms with E-state index in [1.54, 1.807) is 0 Å². The summed E-state index contributed by atoms with van der Waals surface area (Å²) in [6.45, 7) is 0. The summed E-state index contributed by atoms with van der Waals surface area (Å²) in [7, 11) is 0. The van der Waals surface area contributed by atoms with Crippen LogP contribution in [-0.4, -0.2) is 19.5 Å². The maximum absolute atomic E-state index is 6.73. The van der Waals surface area contributed by atoms with Gasteiger partial charge in [0, 0.05) is 39.1 Å². The first-order chi connectivity index (χ1) is 24.8. The Morgan fingerprint density at radius 2 is 1.20 bits per heavy atom. The Morgan fingerprint density at radius 3 is 2.00 bits per heavy atom. The number of nitrogens with zero attached hydrogens (tertiary/aromatic N) is 4. The van der Waals surface area contributed by atoms with E-state index in [0.29, 0.717) is 11.6 Å². The van der Waals surface area contributed by atoms with Crippen molar-refractivity contribution in [3.05, 3.63) is 175 Å². The van der Waals surface area contributed by atoms with Gasteiger partial charge in [0.25, 0.3) is 0 Å². The molecule has 3 heterocycles. The molecule has 0 saturated carbocycles. The molecule has 10 rings (SSSR count). The van der Waals surface area contributed by atoms with Crippen molar-refractivity contribution >= 4 is 38.9 Å². The first-order valence-corrected chi connectivity index (χ1v) is 17.0. The Labute approximate surface area is 288 Å². The fourth-order valence-corrected chi connectivity index (χ4v) is 7.42. The minimum atomic E-state index is -0.0498. The predicted octanol–water partition coefficient (Wildman–Crippen LogP) is 11.1. The quantitative estimate of drug-likeness (QED) is 0.187. The first kappa shape index (κ1) is 28.4. The number of hydrogen-bond donors (Lipinski definition) is 0. The summed E-state index contributed by atoms with van der Waals surface area (Å²) >= 11 is 0. The molecule has 1 aliphatic rings. The Balaban J connectivity index is 1.10. The van der Waals surface area contributed by atoms with Crippen molar-refractivity contribution in [2.24, 2.45) is 0 Å². The molecule has 1 atom stereocenters. The third-order valence-corrected chi connectivity index (χ3v) is 9.79. The number of fused-ring (bicyclic) bond motifs is 7. The minimum Gasteiger partial charge on any atom is -0.456 e. The van der Waals surface area contributed by atoms with Crippen LogP contribution in [0.1, 0.15) is 23.1 Å². The standard InChI is InChI=1S/C45H30N4O/c1-4-13-29(14-5-1)31-17-12-18-32(27-31)44-46-43(30-15-6-2-7-16-30)47-45(48-44)33-23-26-40-37(28-33)35-24-25-39-41(42(35)50-40)36-21-10-11-22-38(36)49(39)34-19-8-3-9-20-34/h1-27,33H,28H2. The van der Waals surface area contributed by atoms with Crippen molar-refractivity contribution in [2.45, 2.75) is 12.3 Å². The number of para-hydroxylation sites is 2. The van der Waals surface area contributed by atoms with E-state index in [-0.39, 0.29) is 5.92 Å². The van der Waals surface area contributed by atoms with E-state index in [2.05, 4.69) is 144 Å². The summed E-state index contributed by atoms with van der Waals surface area (Å²) in [5, 5.41) is 3.44. The van der Waals surface area contributed by atoms with Gasteiger partial charge >= 0.3 is 0 Å². The molecule has 0 saturated heterocycles. The van der Waals surface area contributed by atoms with Crippen molar-refractivity contribution < 1.29 is 4.42 Å². The molecular formula is C45H30N4O. The topological polar surface area (TPSA) is 56.7 Å². The van der Waals surface area contributed by atoms with E-state index in [1.807, 2.05) is 24.3 Å². The SMILES string of the molecule is C1=CC(c2nc(-c3ccccc3)nc(-c3cccc(-c4ccccc4)c3)n2)Cc2c1oc1c2ccc2c1c1ccccc1n2-c1ccccc1. The summed E-state index contributed by atoms with van der Waals surface area (Å²) < 4.78 is 9.06. The highest BCUT2D eigenvalue weighted by molar-refractivity contribution is 6.20. The highest BCUT2D eigenvalue weighted by atomic mass is 16.3. The number of allylic oxidation sites excluding steroid dienone is 1. The second-order valence-corrected chi connectivity index (χ2v) is 12.8. The van der Waals surface area contributed by atoms with E-state index in [9.17, 15) is 0 Å². The lowest BCUT2D eigenvalue weighted by atomic mass is 9.91. The van der Waals surface area contributed by atoms with Crippen LogP contribution in [0.4, 0.5) is 0 Å². The zero-order valence-corrected chi connectivity index (χ0v) is 27.1. The van der Waals surface area contributed by atoms with Crippen molar-refractivity contribution in [3.8, 4) is 39.6 Å². The third kappa shape index (κ3) is 4.66. The molecule has 5 heteroatoms. The van der Waals surface area contributed by atoms with Gasteiger partial charge in [-0.3, -0.25) is 0 Å². The highest BCUT2D eigenvalue weighted by Gasteiger charge is 2.27. The summed E-state index contributed by atoms with van der Waals surface area (Å²) in [6, 6.07) is 52.6. The third-order valence-electron chi connectivity index (χ3n) is 9.79. The highest BCUT2D eigenvalue weighted by Crippen LogP contribution is 2.43. The average molecular weight is 643 g/mol. The van der Waals surface area contributed by atoms with Crippen molar-refractivity contribution in [2.75, 3.05) is 0 Å². The summed E-state index contributed by atoms with van der Waals surface area (Å²) in [4.78, 5) is 15.2. The van der Waals surface area contributed by atoms with Crippen molar-refractivity contribution in [1.82, 2.24) is 19.5 Å². The van der Waals surface area contributed by atoms with Crippen molar-refractivity contribution in [3.63, 3.8) is 0 Å². The van der Waals surface area contributed by atoms with Gasteiger partial charge < -0.3 is 8.98 Å². The van der Waals surface area contributed by atoms with E-state index < -0.39 is 0 Å². The maximum atomic E-state index is 6.73. The molecule has 6 aromatic carbocycles. The normalized spacial score (nSPS) is 14.0. The van der Waals surface area contributed by atoms with Gasteiger partial charge in [0.15, 0.2) is 11.6 Å². The summed E-state index contributed by atoms with van der Waals surface area (Å²) in [6.07, 6.45) is 5.01. The predicted molar refractivity (Wildman–Crippen MR) is 202 cm³/mol. The second-order valence-electron chi connectivity index (χ2n) is 12.8. The molecule has 0 amide bonds. The molecule has 1 unspecified atom stereocenters. The Bertz CT molecular complexity index is 2730. The van der Waals surface area contributed by atoms with Gasteiger partial charge in [0.1, 0.15) is 17.2 Å². The Kier molecular flexibility index (Phi) is 6.56. The molecular weight excluding hydrogens is 613 g/mol. The van der Waals surface area contributed by atoms with Gasteiger partial charge in [-0.15, -0.1) is 0 Å². The average Bonchev–Trinajstić information content (AvgIpc) is 3.74. The van der Waals surface area contributed by atoms with Crippen molar-refractivity contribution in [1.29, 1.82) is 0 Å². The number of hydrogen-bond acceptors (Lipinski definition) is 4. The van der Waals surface area contributed by atoms with E-state index in [1.165, 1.54) is 10.9 Å². The molecule has 3 aromatic heterocycles. The van der Waals surface area contributed by atoms with Crippen LogP contribution in [-0.2, 0) is 6.42 Å². The molecule has 0 aliphatic heterocycles. The van der Waals surface area contributed by atoms with Crippen LogP contribution in [0.3, 0.4) is 0 Å². The minimum absolute atomic E-state index is 0.0498. The van der Waals surface area contributed by atoms with E-state index >= 15 is 0 Å². The number of rotatable bonds is 5. The zero-order valence-electron chi connectivity index (χ0n) is 27.1. The van der Waals surface area contributed by atoms with Gasteiger partial charge in [-0.05, 0) is 60.0 Å². The monoisotopic (exact) mass is 642 g/mol. The largest absolute Gasteiger partial charge is 0.456 e. The van der Waals surface area contributed by atoms with Gasteiger partial charge in [-0.2, -0.15) is 0 Å². The van der Waals surface area contributed by atoms with Crippen LogP contribution < -0.4 is 0 Å². The van der Waals surface area contributed by atoms with Gasteiger partial charge in [0.2, 0.25) is 0 Å². The number of benzene rings is 6. The van der Waals surface area contributed by atoms with Crippen LogP contribution in [0, 0.1) is 0 Å². The van der Waals surface area contributed by atoms with Crippen LogP contribution in [0.5, 0.6) is 0 Å². The lowest BCUT2D eigenvalue weighted by Crippen LogP contribution is -2.11. The second kappa shape index (κ2) is 11.5. The molecule has 0 bridgehead atoms. The molecule has 0 radical (unpaired) electrons. The van der Waals surface area contributed by atoms with Gasteiger partial charge in [-0.25, -0.2) is 15.0 Å². The lowest BCUT2D eigenvalue weighted by molar-refractivity contribution is 0.592. The molecule has 0 N–H and O–H groups in total. The lowest BCUT2D eigenvalue weighted by Gasteiger charge is -2.17. The molecule has 0 fully saturated rings. The van der Waals surface area contributed by atoms with Gasteiger partial charge in [0.05, 0.1) is 16.4 Å². The summed E-state index contributed by atoms with van der Waals surface area (Å²) in [5.74, 6) is 2.93. The molecule has 9 aromatic rings. The molecule has 0 spiro atoms. The number of furan rings is 1. The summed E-state index contributed by atoms with van der Waals surface area (Å²) in [5.41, 5.74) is 9.71. The Morgan fingerprint density at radius 1 is 0.540 bits per heavy atom. The van der Waals surface area contributed by atoms with Gasteiger partial charge in [-0.1, -0.05) is 121 Å². The Hall–Kier alpha value is -6.59. The van der Waals surface area contributed by atoms with Crippen LogP contribution in [0.25, 0.3) is 78.4 Å². The van der Waals surface area contributed by atoms with Crippen LogP contribution in [0.2, 0.25) is 0 Å². The molecule has 5 nitrogen and oxygen atoms in total. The number of aromatic nitrogens is 4. The molecule has 236 valence electrons. The van der Waals surface area contributed by atoms with E-state index in [4.69, 9.17) is 19.4 Å².